The van der Waals surface area contributed by atoms with Gasteiger partial charge in [0, 0.05) is 54.8 Å². The van der Waals surface area contributed by atoms with Crippen molar-refractivity contribution in [3.05, 3.63) is 60.2 Å². The van der Waals surface area contributed by atoms with Crippen LogP contribution in [0, 0.1) is 0 Å². The van der Waals surface area contributed by atoms with Gasteiger partial charge >= 0.3 is 0 Å². The monoisotopic (exact) mass is 486 g/mol. The molecule has 0 radical (unpaired) electrons. The fraction of sp³-hybridized carbons (Fsp3) is 0.533. The molecular weight excluding hydrogens is 448 g/mol. The summed E-state index contributed by atoms with van der Waals surface area (Å²) < 4.78 is 17.0. The second-order valence-electron chi connectivity index (χ2n) is 11.1. The first-order chi connectivity index (χ1) is 17.6. The van der Waals surface area contributed by atoms with E-state index in [1.54, 1.807) is 0 Å². The van der Waals surface area contributed by atoms with Gasteiger partial charge in [-0.15, -0.1) is 0 Å². The van der Waals surface area contributed by atoms with Gasteiger partial charge in [-0.3, -0.25) is 0 Å². The van der Waals surface area contributed by atoms with Crippen molar-refractivity contribution in [3.8, 4) is 0 Å². The maximum atomic E-state index is 6.35. The predicted octanol–water partition coefficient (Wildman–Crippen LogP) is 6.77. The summed E-state index contributed by atoms with van der Waals surface area (Å²) in [7, 11) is 0. The zero-order chi connectivity index (χ0) is 24.6. The minimum atomic E-state index is 0.232. The quantitative estimate of drug-likeness (QED) is 0.302. The standard InChI is InChI=1S/C30H38N4O2/c1-20(2)27-17-33(29-25(27)8-4-11-31-29)22-10-14-36-24(16-22)15-21(3)28-18-34(23-7-6-13-35-19-23)30-26(28)9-5-12-32-30/h4-5,8-9,11-12,17-18,20-24H,6-7,10,13-16,19H2,1-3H3. The highest BCUT2D eigenvalue weighted by Crippen LogP contribution is 2.38. The van der Waals surface area contributed by atoms with E-state index in [0.29, 0.717) is 23.9 Å². The first-order valence-corrected chi connectivity index (χ1v) is 13.7. The molecule has 0 bridgehead atoms. The highest BCUT2D eigenvalue weighted by atomic mass is 16.5. The zero-order valence-corrected chi connectivity index (χ0v) is 21.8. The third-order valence-corrected chi connectivity index (χ3v) is 8.27. The Hall–Kier alpha value is -2.70. The molecule has 4 aromatic rings. The zero-order valence-electron chi connectivity index (χ0n) is 21.8. The summed E-state index contributed by atoms with van der Waals surface area (Å²) in [6.07, 6.45) is 14.1. The van der Waals surface area contributed by atoms with Crippen LogP contribution in [0.15, 0.2) is 49.1 Å². The summed E-state index contributed by atoms with van der Waals surface area (Å²) in [6.45, 7) is 9.33. The predicted molar refractivity (Wildman–Crippen MR) is 144 cm³/mol. The first-order valence-electron chi connectivity index (χ1n) is 13.7. The maximum absolute atomic E-state index is 6.35. The van der Waals surface area contributed by atoms with Crippen LogP contribution in [0.3, 0.4) is 0 Å². The first kappa shape index (κ1) is 23.7. The average Bonchev–Trinajstić information content (AvgIpc) is 3.49. The lowest BCUT2D eigenvalue weighted by molar-refractivity contribution is -0.0121. The van der Waals surface area contributed by atoms with Gasteiger partial charge < -0.3 is 18.6 Å². The van der Waals surface area contributed by atoms with Gasteiger partial charge in [0.15, 0.2) is 0 Å². The van der Waals surface area contributed by atoms with Crippen LogP contribution in [0.1, 0.15) is 87.9 Å². The topological polar surface area (TPSA) is 54.1 Å². The Bertz CT molecular complexity index is 1330. The molecule has 0 N–H and O–H groups in total. The van der Waals surface area contributed by atoms with Crippen molar-refractivity contribution in [2.24, 2.45) is 0 Å². The SMILES string of the molecule is CC(C)c1cn(C2CCOC(CC(C)c3cn(C4CCCOC4)c4ncccc34)C2)c2ncccc12. The van der Waals surface area contributed by atoms with E-state index in [9.17, 15) is 0 Å². The molecule has 0 aliphatic carbocycles. The molecule has 0 amide bonds. The summed E-state index contributed by atoms with van der Waals surface area (Å²) >= 11 is 0. The molecule has 4 atom stereocenters. The number of hydrogen-bond donors (Lipinski definition) is 0. The fourth-order valence-electron chi connectivity index (χ4n) is 6.37. The van der Waals surface area contributed by atoms with E-state index in [2.05, 4.69) is 66.6 Å². The molecule has 0 spiro atoms. The Morgan fingerprint density at radius 1 is 0.889 bits per heavy atom. The summed E-state index contributed by atoms with van der Waals surface area (Å²) in [4.78, 5) is 9.55. The molecule has 6 heteroatoms. The van der Waals surface area contributed by atoms with Gasteiger partial charge in [0.25, 0.3) is 0 Å². The van der Waals surface area contributed by atoms with E-state index < -0.39 is 0 Å². The minimum Gasteiger partial charge on any atom is -0.379 e. The summed E-state index contributed by atoms with van der Waals surface area (Å²) in [6, 6.07) is 9.35. The third kappa shape index (κ3) is 4.35. The lowest BCUT2D eigenvalue weighted by Crippen LogP contribution is -2.28. The molecule has 0 aromatic carbocycles. The average molecular weight is 487 g/mol. The molecule has 6 heterocycles. The number of rotatable bonds is 6. The Morgan fingerprint density at radius 2 is 1.58 bits per heavy atom. The molecule has 4 aromatic heterocycles. The summed E-state index contributed by atoms with van der Waals surface area (Å²) in [5.74, 6) is 0.867. The van der Waals surface area contributed by atoms with E-state index in [1.165, 1.54) is 21.9 Å². The van der Waals surface area contributed by atoms with Crippen LogP contribution in [-0.4, -0.2) is 45.0 Å². The van der Waals surface area contributed by atoms with E-state index in [0.717, 1.165) is 63.2 Å². The van der Waals surface area contributed by atoms with Crippen molar-refractivity contribution in [1.29, 1.82) is 0 Å². The van der Waals surface area contributed by atoms with E-state index in [-0.39, 0.29) is 6.10 Å². The lowest BCUT2D eigenvalue weighted by Gasteiger charge is -2.32. The van der Waals surface area contributed by atoms with Crippen molar-refractivity contribution >= 4 is 22.1 Å². The molecular formula is C30H38N4O2. The number of fused-ring (bicyclic) bond motifs is 2. The van der Waals surface area contributed by atoms with Crippen LogP contribution in [0.25, 0.3) is 22.1 Å². The van der Waals surface area contributed by atoms with Gasteiger partial charge in [-0.2, -0.15) is 0 Å². The van der Waals surface area contributed by atoms with Gasteiger partial charge in [0.1, 0.15) is 11.3 Å². The highest BCUT2D eigenvalue weighted by molar-refractivity contribution is 5.82. The van der Waals surface area contributed by atoms with Crippen LogP contribution < -0.4 is 0 Å². The number of ether oxygens (including phenoxy) is 2. The normalized spacial score (nSPS) is 24.1. The van der Waals surface area contributed by atoms with Crippen molar-refractivity contribution in [3.63, 3.8) is 0 Å². The molecule has 6 rings (SSSR count). The van der Waals surface area contributed by atoms with Gasteiger partial charge in [-0.25, -0.2) is 9.97 Å². The number of hydrogen-bond acceptors (Lipinski definition) is 4. The van der Waals surface area contributed by atoms with E-state index in [4.69, 9.17) is 19.4 Å². The molecule has 190 valence electrons. The fourth-order valence-corrected chi connectivity index (χ4v) is 6.37. The molecule has 6 nitrogen and oxygen atoms in total. The number of nitrogens with zero attached hydrogens (tertiary/aromatic N) is 4. The second kappa shape index (κ2) is 9.98. The molecule has 2 aliphatic heterocycles. The second-order valence-corrected chi connectivity index (χ2v) is 11.1. The minimum absolute atomic E-state index is 0.232. The summed E-state index contributed by atoms with van der Waals surface area (Å²) in [5.41, 5.74) is 4.97. The molecule has 0 saturated carbocycles. The highest BCUT2D eigenvalue weighted by Gasteiger charge is 2.29. The Morgan fingerprint density at radius 3 is 2.28 bits per heavy atom. The van der Waals surface area contributed by atoms with E-state index >= 15 is 0 Å². The van der Waals surface area contributed by atoms with Gasteiger partial charge in [-0.05, 0) is 79.3 Å². The van der Waals surface area contributed by atoms with E-state index in [1.807, 2.05) is 12.4 Å². The molecule has 36 heavy (non-hydrogen) atoms. The molecule has 2 saturated heterocycles. The van der Waals surface area contributed by atoms with Crippen LogP contribution in [-0.2, 0) is 9.47 Å². The van der Waals surface area contributed by atoms with Crippen LogP contribution in [0.4, 0.5) is 0 Å². The molecule has 2 aliphatic rings. The van der Waals surface area contributed by atoms with Crippen LogP contribution in [0.2, 0.25) is 0 Å². The molecule has 2 fully saturated rings. The maximum Gasteiger partial charge on any atom is 0.140 e. The van der Waals surface area contributed by atoms with Gasteiger partial charge in [0.05, 0.1) is 18.8 Å². The number of aromatic nitrogens is 4. The van der Waals surface area contributed by atoms with Crippen molar-refractivity contribution < 1.29 is 9.47 Å². The number of pyridine rings is 2. The van der Waals surface area contributed by atoms with Crippen molar-refractivity contribution in [2.75, 3.05) is 19.8 Å². The molecule has 4 unspecified atom stereocenters. The largest absolute Gasteiger partial charge is 0.379 e. The van der Waals surface area contributed by atoms with Crippen LogP contribution >= 0.6 is 0 Å². The third-order valence-electron chi connectivity index (χ3n) is 8.27. The van der Waals surface area contributed by atoms with Crippen molar-refractivity contribution in [2.45, 2.75) is 82.9 Å². The Balaban J connectivity index is 1.24. The Kier molecular flexibility index (Phi) is 6.57. The van der Waals surface area contributed by atoms with Crippen LogP contribution in [0.5, 0.6) is 0 Å². The lowest BCUT2D eigenvalue weighted by atomic mass is 9.90. The smallest absolute Gasteiger partial charge is 0.140 e. The summed E-state index contributed by atoms with van der Waals surface area (Å²) in [5, 5.41) is 2.56. The van der Waals surface area contributed by atoms with Gasteiger partial charge in [-0.1, -0.05) is 20.8 Å². The Labute approximate surface area is 213 Å². The van der Waals surface area contributed by atoms with Gasteiger partial charge in [0.2, 0.25) is 0 Å². The van der Waals surface area contributed by atoms with Crippen molar-refractivity contribution in [1.82, 2.24) is 19.1 Å².